The Bertz CT molecular complexity index is 910. The van der Waals surface area contributed by atoms with E-state index in [4.69, 9.17) is 4.74 Å². The molecule has 0 aromatic heterocycles. The number of ether oxygens (including phenoxy) is 1. The molecular formula is C28H42N4O4. The third-order valence-corrected chi connectivity index (χ3v) is 7.67. The SMILES string of the molecule is CC(C)(C)OC(=O)NCC1CCN(CC2CCN(c3ccc(C4CCC(=O)NC4=O)cc3)CC2)CC1. The molecule has 3 saturated heterocycles. The molecule has 3 fully saturated rings. The van der Waals surface area contributed by atoms with Gasteiger partial charge in [-0.25, -0.2) is 4.79 Å². The summed E-state index contributed by atoms with van der Waals surface area (Å²) in [5, 5.41) is 5.38. The number of hydrogen-bond acceptors (Lipinski definition) is 6. The quantitative estimate of drug-likeness (QED) is 0.582. The topological polar surface area (TPSA) is 91.0 Å². The molecule has 0 aliphatic carbocycles. The molecule has 1 unspecified atom stereocenters. The molecule has 3 aliphatic heterocycles. The molecule has 2 N–H and O–H groups in total. The van der Waals surface area contributed by atoms with Crippen LogP contribution in [0.5, 0.6) is 0 Å². The lowest BCUT2D eigenvalue weighted by molar-refractivity contribution is -0.134. The number of imide groups is 1. The van der Waals surface area contributed by atoms with Crippen LogP contribution in [0.1, 0.15) is 70.8 Å². The number of alkyl carbamates (subject to hydrolysis) is 1. The third-order valence-electron chi connectivity index (χ3n) is 7.67. The molecule has 1 atom stereocenters. The number of amides is 3. The molecule has 198 valence electrons. The van der Waals surface area contributed by atoms with Crippen molar-refractivity contribution in [1.82, 2.24) is 15.5 Å². The fourth-order valence-electron chi connectivity index (χ4n) is 5.58. The van der Waals surface area contributed by atoms with E-state index in [1.54, 1.807) is 0 Å². The van der Waals surface area contributed by atoms with Gasteiger partial charge in [-0.15, -0.1) is 0 Å². The average molecular weight is 499 g/mol. The van der Waals surface area contributed by atoms with Crippen LogP contribution >= 0.6 is 0 Å². The van der Waals surface area contributed by atoms with Gasteiger partial charge in [0.1, 0.15) is 5.60 Å². The number of carbonyl (C=O) groups excluding carboxylic acids is 3. The van der Waals surface area contributed by atoms with Gasteiger partial charge in [0.2, 0.25) is 11.8 Å². The summed E-state index contributed by atoms with van der Waals surface area (Å²) in [7, 11) is 0. The zero-order chi connectivity index (χ0) is 25.7. The van der Waals surface area contributed by atoms with Gasteiger partial charge < -0.3 is 19.9 Å². The molecule has 0 spiro atoms. The fourth-order valence-corrected chi connectivity index (χ4v) is 5.58. The number of benzene rings is 1. The zero-order valence-corrected chi connectivity index (χ0v) is 22.1. The maximum Gasteiger partial charge on any atom is 0.407 e. The van der Waals surface area contributed by atoms with Crippen molar-refractivity contribution in [3.8, 4) is 0 Å². The van der Waals surface area contributed by atoms with Gasteiger partial charge in [0.05, 0.1) is 5.92 Å². The number of anilines is 1. The van der Waals surface area contributed by atoms with Crippen molar-refractivity contribution in [2.24, 2.45) is 11.8 Å². The van der Waals surface area contributed by atoms with Gasteiger partial charge in [0.25, 0.3) is 0 Å². The summed E-state index contributed by atoms with van der Waals surface area (Å²) in [4.78, 5) is 40.5. The van der Waals surface area contributed by atoms with E-state index < -0.39 is 5.60 Å². The largest absolute Gasteiger partial charge is 0.444 e. The summed E-state index contributed by atoms with van der Waals surface area (Å²) in [6.07, 6.45) is 5.30. The van der Waals surface area contributed by atoms with Crippen LogP contribution in [0.25, 0.3) is 0 Å². The first-order chi connectivity index (χ1) is 17.2. The van der Waals surface area contributed by atoms with Crippen LogP contribution in [0.4, 0.5) is 10.5 Å². The second-order valence-electron chi connectivity index (χ2n) is 11.7. The van der Waals surface area contributed by atoms with Crippen LogP contribution in [0, 0.1) is 11.8 Å². The van der Waals surface area contributed by atoms with E-state index in [2.05, 4.69) is 32.6 Å². The number of carbonyl (C=O) groups is 3. The van der Waals surface area contributed by atoms with Gasteiger partial charge >= 0.3 is 6.09 Å². The Hall–Kier alpha value is -2.61. The molecule has 3 heterocycles. The molecule has 8 nitrogen and oxygen atoms in total. The second-order valence-corrected chi connectivity index (χ2v) is 11.7. The number of likely N-dealkylation sites (tertiary alicyclic amines) is 1. The molecular weight excluding hydrogens is 456 g/mol. The Labute approximate surface area is 215 Å². The van der Waals surface area contributed by atoms with Gasteiger partial charge in [0.15, 0.2) is 0 Å². The highest BCUT2D eigenvalue weighted by Crippen LogP contribution is 2.29. The first-order valence-electron chi connectivity index (χ1n) is 13.5. The van der Waals surface area contributed by atoms with Gasteiger partial charge in [0, 0.05) is 38.3 Å². The van der Waals surface area contributed by atoms with E-state index in [-0.39, 0.29) is 23.8 Å². The van der Waals surface area contributed by atoms with Crippen LogP contribution in [0.3, 0.4) is 0 Å². The Morgan fingerprint density at radius 2 is 1.61 bits per heavy atom. The van der Waals surface area contributed by atoms with E-state index in [1.807, 2.05) is 32.9 Å². The number of nitrogens with one attached hydrogen (secondary N) is 2. The number of hydrogen-bond donors (Lipinski definition) is 2. The lowest BCUT2D eigenvalue weighted by Gasteiger charge is -2.38. The lowest BCUT2D eigenvalue weighted by atomic mass is 9.90. The summed E-state index contributed by atoms with van der Waals surface area (Å²) in [5.41, 5.74) is 1.74. The van der Waals surface area contributed by atoms with Crippen molar-refractivity contribution in [2.45, 2.75) is 70.8 Å². The van der Waals surface area contributed by atoms with Crippen molar-refractivity contribution < 1.29 is 19.1 Å². The molecule has 3 amide bonds. The smallest absolute Gasteiger partial charge is 0.407 e. The second kappa shape index (κ2) is 11.6. The monoisotopic (exact) mass is 498 g/mol. The van der Waals surface area contributed by atoms with Gasteiger partial charge in [-0.05, 0) is 95.5 Å². The molecule has 36 heavy (non-hydrogen) atoms. The minimum Gasteiger partial charge on any atom is -0.444 e. The van der Waals surface area contributed by atoms with Crippen LogP contribution in [0.2, 0.25) is 0 Å². The van der Waals surface area contributed by atoms with Crippen LogP contribution < -0.4 is 15.5 Å². The average Bonchev–Trinajstić information content (AvgIpc) is 2.83. The zero-order valence-electron chi connectivity index (χ0n) is 22.1. The first-order valence-corrected chi connectivity index (χ1v) is 13.5. The Morgan fingerprint density at radius 3 is 2.22 bits per heavy atom. The summed E-state index contributed by atoms with van der Waals surface area (Å²) >= 11 is 0. The predicted molar refractivity (Wildman–Crippen MR) is 140 cm³/mol. The predicted octanol–water partition coefficient (Wildman–Crippen LogP) is 3.66. The fraction of sp³-hybridized carbons (Fsp3) is 0.679. The summed E-state index contributed by atoms with van der Waals surface area (Å²) < 4.78 is 5.34. The highest BCUT2D eigenvalue weighted by Gasteiger charge is 2.29. The maximum absolute atomic E-state index is 12.1. The van der Waals surface area contributed by atoms with Crippen molar-refractivity contribution >= 4 is 23.6 Å². The van der Waals surface area contributed by atoms with E-state index >= 15 is 0 Å². The Morgan fingerprint density at radius 1 is 0.972 bits per heavy atom. The maximum atomic E-state index is 12.1. The molecule has 3 aliphatic rings. The molecule has 1 aromatic carbocycles. The highest BCUT2D eigenvalue weighted by molar-refractivity contribution is 6.00. The van der Waals surface area contributed by atoms with E-state index in [0.717, 1.165) is 57.0 Å². The summed E-state index contributed by atoms with van der Waals surface area (Å²) in [6, 6.07) is 8.33. The summed E-state index contributed by atoms with van der Waals surface area (Å²) in [6.45, 7) is 11.8. The normalized spacial score (nSPS) is 22.9. The first kappa shape index (κ1) is 26.5. The lowest BCUT2D eigenvalue weighted by Crippen LogP contribution is -2.43. The summed E-state index contributed by atoms with van der Waals surface area (Å²) in [5.74, 6) is 0.678. The van der Waals surface area contributed by atoms with Crippen LogP contribution in [-0.4, -0.2) is 67.7 Å². The van der Waals surface area contributed by atoms with Crippen LogP contribution in [0.15, 0.2) is 24.3 Å². The van der Waals surface area contributed by atoms with Gasteiger partial charge in [-0.3, -0.25) is 14.9 Å². The highest BCUT2D eigenvalue weighted by atomic mass is 16.6. The molecule has 0 radical (unpaired) electrons. The van der Waals surface area contributed by atoms with Gasteiger partial charge in [-0.1, -0.05) is 12.1 Å². The van der Waals surface area contributed by atoms with Crippen LogP contribution in [-0.2, 0) is 14.3 Å². The van der Waals surface area contributed by atoms with E-state index in [1.165, 1.54) is 18.5 Å². The Kier molecular flexibility index (Phi) is 8.54. The Balaban J connectivity index is 1.15. The van der Waals surface area contributed by atoms with E-state index in [9.17, 15) is 14.4 Å². The number of rotatable bonds is 6. The third kappa shape index (κ3) is 7.45. The molecule has 0 saturated carbocycles. The minimum atomic E-state index is -0.456. The molecule has 0 bridgehead atoms. The van der Waals surface area contributed by atoms with E-state index in [0.29, 0.717) is 25.3 Å². The standard InChI is InChI=1S/C28H42N4O4/c1-28(2,3)36-27(35)29-18-20-10-14-31(15-11-20)19-21-12-16-32(17-13-21)23-6-4-22(5-7-23)24-8-9-25(33)30-26(24)34/h4-7,20-21,24H,8-19H2,1-3H3,(H,29,35)(H,30,33,34). The number of piperidine rings is 3. The molecule has 8 heteroatoms. The van der Waals surface area contributed by atoms with Crippen molar-refractivity contribution in [2.75, 3.05) is 44.2 Å². The minimum absolute atomic E-state index is 0.171. The number of nitrogens with zero attached hydrogens (tertiary/aromatic N) is 2. The van der Waals surface area contributed by atoms with Crippen molar-refractivity contribution in [1.29, 1.82) is 0 Å². The molecule has 4 rings (SSSR count). The van der Waals surface area contributed by atoms with Gasteiger partial charge in [-0.2, -0.15) is 0 Å². The van der Waals surface area contributed by atoms with Crippen molar-refractivity contribution in [3.63, 3.8) is 0 Å². The van der Waals surface area contributed by atoms with Crippen molar-refractivity contribution in [3.05, 3.63) is 29.8 Å². The molecule has 1 aromatic rings.